The predicted molar refractivity (Wildman–Crippen MR) is 64.1 cm³/mol. The zero-order valence-corrected chi connectivity index (χ0v) is 9.79. The van der Waals surface area contributed by atoms with Crippen LogP contribution in [0.4, 0.5) is 4.39 Å². The second-order valence-electron chi connectivity index (χ2n) is 3.78. The number of nitrogens with one attached hydrogen (secondary N) is 1. The molecule has 0 fully saturated rings. The lowest BCUT2D eigenvalue weighted by atomic mass is 10.2. The molecule has 1 aromatic rings. The minimum atomic E-state index is -0.321. The molecule has 1 unspecified atom stereocenters. The smallest absolute Gasteiger partial charge is 0.165 e. The fraction of sp³-hybridized carbons (Fsp3) is 0.385. The largest absolute Gasteiger partial charge is 0.494 e. The molecule has 1 atom stereocenters. The SMILES string of the molecule is C=CCC(C)NCc1ccc(OC)c(F)c1. The molecule has 0 aromatic heterocycles. The molecule has 0 radical (unpaired) electrons. The fourth-order valence-electron chi connectivity index (χ4n) is 1.45. The Morgan fingerprint density at radius 1 is 1.56 bits per heavy atom. The molecule has 1 rings (SSSR count). The van der Waals surface area contributed by atoms with Crippen molar-refractivity contribution in [3.8, 4) is 5.75 Å². The van der Waals surface area contributed by atoms with E-state index < -0.39 is 0 Å². The average Bonchev–Trinajstić information content (AvgIpc) is 2.27. The Kier molecular flexibility index (Phi) is 4.99. The number of ether oxygens (including phenoxy) is 1. The molecule has 3 heteroatoms. The predicted octanol–water partition coefficient (Wildman–Crippen LogP) is 2.89. The van der Waals surface area contributed by atoms with Crippen molar-refractivity contribution in [2.75, 3.05) is 7.11 Å². The molecular weight excluding hydrogens is 205 g/mol. The van der Waals surface area contributed by atoms with Gasteiger partial charge in [-0.1, -0.05) is 12.1 Å². The zero-order chi connectivity index (χ0) is 12.0. The molecule has 0 bridgehead atoms. The van der Waals surface area contributed by atoms with Gasteiger partial charge in [-0.05, 0) is 31.0 Å². The van der Waals surface area contributed by atoms with Crippen molar-refractivity contribution in [3.63, 3.8) is 0 Å². The molecule has 0 aliphatic heterocycles. The molecule has 0 amide bonds. The summed E-state index contributed by atoms with van der Waals surface area (Å²) in [5.74, 6) is -0.0407. The molecule has 1 N–H and O–H groups in total. The van der Waals surface area contributed by atoms with E-state index in [1.54, 1.807) is 6.07 Å². The van der Waals surface area contributed by atoms with Gasteiger partial charge < -0.3 is 10.1 Å². The van der Waals surface area contributed by atoms with Gasteiger partial charge in [-0.2, -0.15) is 0 Å². The Balaban J connectivity index is 2.54. The van der Waals surface area contributed by atoms with Crippen LogP contribution in [0.1, 0.15) is 18.9 Å². The summed E-state index contributed by atoms with van der Waals surface area (Å²) in [6, 6.07) is 5.34. The van der Waals surface area contributed by atoms with Crippen LogP contribution in [0.5, 0.6) is 5.75 Å². The van der Waals surface area contributed by atoms with E-state index in [2.05, 4.69) is 18.8 Å². The van der Waals surface area contributed by atoms with Gasteiger partial charge in [0.15, 0.2) is 11.6 Å². The third kappa shape index (κ3) is 3.66. The maximum atomic E-state index is 13.4. The van der Waals surface area contributed by atoms with Gasteiger partial charge in [-0.3, -0.25) is 0 Å². The van der Waals surface area contributed by atoms with Gasteiger partial charge in [0.1, 0.15) is 0 Å². The number of benzene rings is 1. The van der Waals surface area contributed by atoms with Crippen molar-refractivity contribution in [1.82, 2.24) is 5.32 Å². The third-order valence-electron chi connectivity index (χ3n) is 2.39. The van der Waals surface area contributed by atoms with Crippen LogP contribution in [0.15, 0.2) is 30.9 Å². The second-order valence-corrected chi connectivity index (χ2v) is 3.78. The van der Waals surface area contributed by atoms with Crippen LogP contribution in [-0.4, -0.2) is 13.2 Å². The number of halogens is 1. The van der Waals surface area contributed by atoms with Crippen LogP contribution in [0.3, 0.4) is 0 Å². The molecule has 16 heavy (non-hydrogen) atoms. The summed E-state index contributed by atoms with van der Waals surface area (Å²) in [6.45, 7) is 6.40. The number of hydrogen-bond donors (Lipinski definition) is 1. The number of methoxy groups -OCH3 is 1. The Morgan fingerprint density at radius 2 is 2.31 bits per heavy atom. The Bertz CT molecular complexity index is 352. The van der Waals surface area contributed by atoms with Crippen molar-refractivity contribution in [3.05, 3.63) is 42.2 Å². The van der Waals surface area contributed by atoms with Crippen molar-refractivity contribution < 1.29 is 9.13 Å². The molecule has 2 nitrogen and oxygen atoms in total. The highest BCUT2D eigenvalue weighted by Gasteiger charge is 2.04. The lowest BCUT2D eigenvalue weighted by Gasteiger charge is -2.12. The highest BCUT2D eigenvalue weighted by atomic mass is 19.1. The zero-order valence-electron chi connectivity index (χ0n) is 9.79. The highest BCUT2D eigenvalue weighted by Crippen LogP contribution is 2.17. The van der Waals surface area contributed by atoms with Crippen LogP contribution >= 0.6 is 0 Å². The number of rotatable bonds is 6. The third-order valence-corrected chi connectivity index (χ3v) is 2.39. The van der Waals surface area contributed by atoms with Crippen molar-refractivity contribution >= 4 is 0 Å². The lowest BCUT2D eigenvalue weighted by Crippen LogP contribution is -2.24. The molecule has 0 saturated carbocycles. The molecule has 0 aliphatic rings. The van der Waals surface area contributed by atoms with E-state index >= 15 is 0 Å². The maximum Gasteiger partial charge on any atom is 0.165 e. The van der Waals surface area contributed by atoms with E-state index in [1.807, 2.05) is 12.1 Å². The van der Waals surface area contributed by atoms with Crippen molar-refractivity contribution in [2.24, 2.45) is 0 Å². The van der Waals surface area contributed by atoms with E-state index in [0.29, 0.717) is 12.6 Å². The van der Waals surface area contributed by atoms with Crippen molar-refractivity contribution in [1.29, 1.82) is 0 Å². The Labute approximate surface area is 96.1 Å². The van der Waals surface area contributed by atoms with E-state index in [1.165, 1.54) is 13.2 Å². The summed E-state index contributed by atoms with van der Waals surface area (Å²) in [5.41, 5.74) is 0.911. The fourth-order valence-corrected chi connectivity index (χ4v) is 1.45. The molecule has 0 saturated heterocycles. The summed E-state index contributed by atoms with van der Waals surface area (Å²) >= 11 is 0. The maximum absolute atomic E-state index is 13.4. The van der Waals surface area contributed by atoms with Crippen LogP contribution < -0.4 is 10.1 Å². The molecule has 1 aromatic carbocycles. The van der Waals surface area contributed by atoms with Gasteiger partial charge in [0.2, 0.25) is 0 Å². The van der Waals surface area contributed by atoms with Crippen LogP contribution in [0.2, 0.25) is 0 Å². The summed E-state index contributed by atoms with van der Waals surface area (Å²) in [5, 5.41) is 3.29. The van der Waals surface area contributed by atoms with Gasteiger partial charge in [-0.15, -0.1) is 6.58 Å². The van der Waals surface area contributed by atoms with Gasteiger partial charge in [0.25, 0.3) is 0 Å². The Hall–Kier alpha value is -1.35. The normalized spacial score (nSPS) is 12.2. The minimum Gasteiger partial charge on any atom is -0.494 e. The molecular formula is C13H18FNO. The topological polar surface area (TPSA) is 21.3 Å². The quantitative estimate of drug-likeness (QED) is 0.749. The first-order valence-electron chi connectivity index (χ1n) is 5.34. The average molecular weight is 223 g/mol. The first-order chi connectivity index (χ1) is 7.67. The van der Waals surface area contributed by atoms with Gasteiger partial charge in [0, 0.05) is 12.6 Å². The number of hydrogen-bond acceptors (Lipinski definition) is 2. The van der Waals surface area contributed by atoms with Gasteiger partial charge >= 0.3 is 0 Å². The highest BCUT2D eigenvalue weighted by molar-refractivity contribution is 5.29. The van der Waals surface area contributed by atoms with Crippen LogP contribution in [0.25, 0.3) is 0 Å². The van der Waals surface area contributed by atoms with Gasteiger partial charge in [0.05, 0.1) is 7.11 Å². The van der Waals surface area contributed by atoms with Crippen LogP contribution in [-0.2, 0) is 6.54 Å². The van der Waals surface area contributed by atoms with E-state index in [4.69, 9.17) is 4.74 Å². The monoisotopic (exact) mass is 223 g/mol. The minimum absolute atomic E-state index is 0.280. The summed E-state index contributed by atoms with van der Waals surface area (Å²) in [4.78, 5) is 0. The van der Waals surface area contributed by atoms with Crippen molar-refractivity contribution in [2.45, 2.75) is 25.9 Å². The standard InChI is InChI=1S/C13H18FNO/c1-4-5-10(2)15-9-11-6-7-13(16-3)12(14)8-11/h4,6-8,10,15H,1,5,9H2,2-3H3. The summed E-state index contributed by atoms with van der Waals surface area (Å²) < 4.78 is 18.2. The van der Waals surface area contributed by atoms with E-state index in [-0.39, 0.29) is 11.6 Å². The van der Waals surface area contributed by atoms with Gasteiger partial charge in [-0.25, -0.2) is 4.39 Å². The second kappa shape index (κ2) is 6.28. The summed E-state index contributed by atoms with van der Waals surface area (Å²) in [7, 11) is 1.46. The Morgan fingerprint density at radius 3 is 2.88 bits per heavy atom. The van der Waals surface area contributed by atoms with E-state index in [9.17, 15) is 4.39 Å². The lowest BCUT2D eigenvalue weighted by molar-refractivity contribution is 0.386. The van der Waals surface area contributed by atoms with Crippen LogP contribution in [0, 0.1) is 5.82 Å². The first kappa shape index (κ1) is 12.7. The molecule has 88 valence electrons. The van der Waals surface area contributed by atoms with E-state index in [0.717, 1.165) is 12.0 Å². The molecule has 0 spiro atoms. The molecule has 0 heterocycles. The first-order valence-corrected chi connectivity index (χ1v) is 5.34. The molecule has 0 aliphatic carbocycles. The summed E-state index contributed by atoms with van der Waals surface area (Å²) in [6.07, 6.45) is 2.77.